The van der Waals surface area contributed by atoms with Crippen molar-refractivity contribution < 1.29 is 13.2 Å². The van der Waals surface area contributed by atoms with Gasteiger partial charge in [-0.1, -0.05) is 17.7 Å². The van der Waals surface area contributed by atoms with Gasteiger partial charge in [0.05, 0.1) is 10.5 Å². The summed E-state index contributed by atoms with van der Waals surface area (Å²) in [5.41, 5.74) is 1.32. The van der Waals surface area contributed by atoms with E-state index in [1.165, 1.54) is 18.5 Å². The third-order valence-corrected chi connectivity index (χ3v) is 5.85. The first-order valence-corrected chi connectivity index (χ1v) is 9.42. The number of amides is 1. The van der Waals surface area contributed by atoms with Crippen molar-refractivity contribution in [1.82, 2.24) is 14.6 Å². The molecular weight excluding hydrogens is 326 g/mol. The summed E-state index contributed by atoms with van der Waals surface area (Å²) in [7, 11) is -3.67. The van der Waals surface area contributed by atoms with Gasteiger partial charge in [0, 0.05) is 25.0 Å². The van der Waals surface area contributed by atoms with Gasteiger partial charge in [0.25, 0.3) is 15.9 Å². The maximum atomic E-state index is 12.6. The molecule has 24 heavy (non-hydrogen) atoms. The van der Waals surface area contributed by atoms with Gasteiger partial charge in [-0.05, 0) is 44.5 Å². The molecule has 1 aromatic carbocycles. The van der Waals surface area contributed by atoms with Gasteiger partial charge < -0.3 is 10.6 Å². The van der Waals surface area contributed by atoms with Crippen LogP contribution >= 0.6 is 0 Å². The normalized spacial score (nSPS) is 17.8. The molecule has 0 aliphatic carbocycles. The Morgan fingerprint density at radius 3 is 2.71 bits per heavy atom. The van der Waals surface area contributed by atoms with Crippen molar-refractivity contribution >= 4 is 15.9 Å². The zero-order valence-electron chi connectivity index (χ0n) is 13.5. The van der Waals surface area contributed by atoms with E-state index >= 15 is 0 Å². The van der Waals surface area contributed by atoms with Crippen molar-refractivity contribution in [3.63, 3.8) is 0 Å². The number of benzene rings is 1. The minimum atomic E-state index is -3.67. The summed E-state index contributed by atoms with van der Waals surface area (Å²) < 4.78 is 26.2. The summed E-state index contributed by atoms with van der Waals surface area (Å²) in [6, 6.07) is 8.44. The Morgan fingerprint density at radius 2 is 2.04 bits per heavy atom. The largest absolute Gasteiger partial charge is 0.350 e. The van der Waals surface area contributed by atoms with Crippen molar-refractivity contribution in [3.8, 4) is 0 Å². The molecule has 1 aliphatic heterocycles. The number of carbonyl (C=O) groups is 1. The number of nitrogens with one attached hydrogen (secondary N) is 2. The molecule has 2 heterocycles. The van der Waals surface area contributed by atoms with E-state index in [1.807, 2.05) is 6.92 Å². The third-order valence-electron chi connectivity index (χ3n) is 4.20. The average molecular weight is 347 g/mol. The molecule has 2 aromatic rings. The van der Waals surface area contributed by atoms with Gasteiger partial charge in [-0.2, -0.15) is 0 Å². The fraction of sp³-hybridized carbons (Fsp3) is 0.353. The van der Waals surface area contributed by atoms with E-state index < -0.39 is 10.0 Å². The van der Waals surface area contributed by atoms with Gasteiger partial charge in [-0.3, -0.25) is 4.79 Å². The van der Waals surface area contributed by atoms with Crippen LogP contribution in [0, 0.1) is 6.92 Å². The predicted molar refractivity (Wildman–Crippen MR) is 91.6 cm³/mol. The number of hydrogen-bond acceptors (Lipinski definition) is 4. The molecule has 1 atom stereocenters. The van der Waals surface area contributed by atoms with E-state index in [2.05, 4.69) is 10.6 Å². The molecule has 3 rings (SSSR count). The molecule has 0 spiro atoms. The molecule has 0 saturated carbocycles. The molecule has 1 unspecified atom stereocenters. The average Bonchev–Trinajstić information content (AvgIpc) is 3.25. The highest BCUT2D eigenvalue weighted by Gasteiger charge is 2.19. The quantitative estimate of drug-likeness (QED) is 0.859. The standard InChI is InChI=1S/C17H21N3O3S/c1-13-4-6-16(7-5-13)24(22,23)20-10-8-14(12-20)17(21)19-11-15-3-2-9-18-15/h4-8,10,12,15,18H,2-3,9,11H2,1H3,(H,19,21). The van der Waals surface area contributed by atoms with E-state index in [-0.39, 0.29) is 10.8 Å². The van der Waals surface area contributed by atoms with E-state index in [0.29, 0.717) is 18.2 Å². The van der Waals surface area contributed by atoms with Gasteiger partial charge >= 0.3 is 0 Å². The van der Waals surface area contributed by atoms with Crippen molar-refractivity contribution in [2.24, 2.45) is 0 Å². The molecule has 1 aromatic heterocycles. The first-order valence-electron chi connectivity index (χ1n) is 7.98. The van der Waals surface area contributed by atoms with Gasteiger partial charge in [-0.15, -0.1) is 0 Å². The van der Waals surface area contributed by atoms with Crippen LogP contribution in [0.4, 0.5) is 0 Å². The first kappa shape index (κ1) is 16.7. The van der Waals surface area contributed by atoms with E-state index in [9.17, 15) is 13.2 Å². The summed E-state index contributed by atoms with van der Waals surface area (Å²) in [4.78, 5) is 12.4. The highest BCUT2D eigenvalue weighted by Crippen LogP contribution is 2.16. The number of aromatic nitrogens is 1. The Hall–Kier alpha value is -2.12. The minimum absolute atomic E-state index is 0.200. The third kappa shape index (κ3) is 3.52. The Kier molecular flexibility index (Phi) is 4.73. The summed E-state index contributed by atoms with van der Waals surface area (Å²) in [6.07, 6.45) is 4.92. The lowest BCUT2D eigenvalue weighted by molar-refractivity contribution is 0.0950. The molecule has 128 valence electrons. The van der Waals surface area contributed by atoms with Gasteiger partial charge in [0.15, 0.2) is 0 Å². The van der Waals surface area contributed by atoms with Crippen LogP contribution in [0.1, 0.15) is 28.8 Å². The molecule has 0 radical (unpaired) electrons. The second kappa shape index (κ2) is 6.78. The minimum Gasteiger partial charge on any atom is -0.350 e. The van der Waals surface area contributed by atoms with Crippen molar-refractivity contribution in [2.75, 3.05) is 13.1 Å². The fourth-order valence-corrected chi connectivity index (χ4v) is 3.94. The van der Waals surface area contributed by atoms with Crippen molar-refractivity contribution in [2.45, 2.75) is 30.7 Å². The molecule has 1 aliphatic rings. The molecule has 6 nitrogen and oxygen atoms in total. The summed E-state index contributed by atoms with van der Waals surface area (Å²) >= 11 is 0. The van der Waals surface area contributed by atoms with Crippen LogP contribution in [0.2, 0.25) is 0 Å². The number of aryl methyl sites for hydroxylation is 1. The molecule has 1 amide bonds. The first-order chi connectivity index (χ1) is 11.5. The Bertz CT molecular complexity index is 819. The summed E-state index contributed by atoms with van der Waals surface area (Å²) in [6.45, 7) is 3.42. The lowest BCUT2D eigenvalue weighted by Crippen LogP contribution is -2.37. The maximum absolute atomic E-state index is 12.6. The van der Waals surface area contributed by atoms with E-state index in [1.54, 1.807) is 24.3 Å². The van der Waals surface area contributed by atoms with Gasteiger partial charge in [0.2, 0.25) is 0 Å². The van der Waals surface area contributed by atoms with Crippen LogP contribution in [-0.2, 0) is 10.0 Å². The molecule has 1 fully saturated rings. The van der Waals surface area contributed by atoms with Crippen LogP contribution in [0.3, 0.4) is 0 Å². The number of carbonyl (C=O) groups excluding carboxylic acids is 1. The zero-order chi connectivity index (χ0) is 17.2. The number of rotatable bonds is 5. The fourth-order valence-electron chi connectivity index (χ4n) is 2.74. The predicted octanol–water partition coefficient (Wildman–Crippen LogP) is 1.52. The van der Waals surface area contributed by atoms with Crippen LogP contribution in [0.15, 0.2) is 47.6 Å². The monoisotopic (exact) mass is 347 g/mol. The molecule has 2 N–H and O–H groups in total. The second-order valence-corrected chi connectivity index (χ2v) is 7.89. The maximum Gasteiger partial charge on any atom is 0.267 e. The Labute approximate surface area is 141 Å². The highest BCUT2D eigenvalue weighted by atomic mass is 32.2. The highest BCUT2D eigenvalue weighted by molar-refractivity contribution is 7.90. The Balaban J connectivity index is 1.72. The summed E-state index contributed by atoms with van der Waals surface area (Å²) in [5, 5.41) is 6.15. The van der Waals surface area contributed by atoms with Gasteiger partial charge in [-0.25, -0.2) is 12.4 Å². The van der Waals surface area contributed by atoms with E-state index in [0.717, 1.165) is 28.9 Å². The van der Waals surface area contributed by atoms with Crippen LogP contribution in [0.5, 0.6) is 0 Å². The number of hydrogen-bond donors (Lipinski definition) is 2. The van der Waals surface area contributed by atoms with E-state index in [4.69, 9.17) is 0 Å². The lowest BCUT2D eigenvalue weighted by Gasteiger charge is -2.10. The summed E-state index contributed by atoms with van der Waals surface area (Å²) in [5.74, 6) is -0.262. The smallest absolute Gasteiger partial charge is 0.267 e. The van der Waals surface area contributed by atoms with Crippen LogP contribution in [0.25, 0.3) is 0 Å². The number of nitrogens with zero attached hydrogens (tertiary/aromatic N) is 1. The van der Waals surface area contributed by atoms with Crippen LogP contribution in [-0.4, -0.2) is 37.4 Å². The Morgan fingerprint density at radius 1 is 1.29 bits per heavy atom. The molecule has 7 heteroatoms. The van der Waals surface area contributed by atoms with Gasteiger partial charge in [0.1, 0.15) is 0 Å². The van der Waals surface area contributed by atoms with Crippen LogP contribution < -0.4 is 10.6 Å². The van der Waals surface area contributed by atoms with Crippen molar-refractivity contribution in [1.29, 1.82) is 0 Å². The zero-order valence-corrected chi connectivity index (χ0v) is 14.3. The SMILES string of the molecule is Cc1ccc(S(=O)(=O)n2ccc(C(=O)NCC3CCCN3)c2)cc1. The lowest BCUT2D eigenvalue weighted by atomic mass is 10.2. The molecule has 0 bridgehead atoms. The second-order valence-electron chi connectivity index (χ2n) is 6.05. The topological polar surface area (TPSA) is 80.2 Å². The van der Waals surface area contributed by atoms with Crippen molar-refractivity contribution in [3.05, 3.63) is 53.9 Å². The molecular formula is C17H21N3O3S. The molecule has 1 saturated heterocycles.